The Morgan fingerprint density at radius 3 is 2.58 bits per heavy atom. The number of carboxylic acids is 1. The quantitative estimate of drug-likeness (QED) is 0.892. The molecule has 0 saturated heterocycles. The Bertz CT molecular complexity index is 637. The Labute approximate surface area is 108 Å². The lowest BCUT2D eigenvalue weighted by Gasteiger charge is -2.08. The van der Waals surface area contributed by atoms with Crippen LogP contribution in [0.1, 0.15) is 10.4 Å². The number of halogens is 1. The first-order valence-electron chi connectivity index (χ1n) is 5.42. The number of hydrogen-bond acceptors (Lipinski definition) is 3. The molecule has 2 N–H and O–H groups in total. The van der Waals surface area contributed by atoms with Gasteiger partial charge in [0, 0.05) is 5.56 Å². The Morgan fingerprint density at radius 2 is 1.95 bits per heavy atom. The third-order valence-corrected chi connectivity index (χ3v) is 2.65. The predicted octanol–water partition coefficient (Wildman–Crippen LogP) is 2.91. The van der Waals surface area contributed by atoms with Gasteiger partial charge in [0.25, 0.3) is 0 Å². The van der Waals surface area contributed by atoms with Crippen molar-refractivity contribution in [1.29, 1.82) is 0 Å². The van der Waals surface area contributed by atoms with Crippen molar-refractivity contribution in [3.05, 3.63) is 47.8 Å². The summed E-state index contributed by atoms with van der Waals surface area (Å²) < 4.78 is 18.8. The molecule has 5 heteroatoms. The van der Waals surface area contributed by atoms with Crippen molar-refractivity contribution in [3.63, 3.8) is 0 Å². The first-order chi connectivity index (χ1) is 9.01. The minimum Gasteiger partial charge on any atom is -0.508 e. The Morgan fingerprint density at radius 1 is 1.21 bits per heavy atom. The normalized spacial score (nSPS) is 10.2. The smallest absolute Gasteiger partial charge is 0.335 e. The molecule has 0 aliphatic carbocycles. The largest absolute Gasteiger partial charge is 0.508 e. The molecular formula is C14H11FO4. The molecule has 0 aromatic heterocycles. The van der Waals surface area contributed by atoms with Crippen LogP contribution in [0.2, 0.25) is 0 Å². The minimum absolute atomic E-state index is 0.114. The van der Waals surface area contributed by atoms with E-state index in [0.29, 0.717) is 5.75 Å². The highest BCUT2D eigenvalue weighted by molar-refractivity contribution is 5.90. The number of hydrogen-bond donors (Lipinski definition) is 2. The fourth-order valence-electron chi connectivity index (χ4n) is 1.74. The summed E-state index contributed by atoms with van der Waals surface area (Å²) in [5, 5.41) is 18.4. The number of carboxylic acid groups (broad SMARTS) is 1. The lowest BCUT2D eigenvalue weighted by Crippen LogP contribution is -1.97. The van der Waals surface area contributed by atoms with Crippen molar-refractivity contribution in [2.24, 2.45) is 0 Å². The second-order valence-corrected chi connectivity index (χ2v) is 3.92. The highest BCUT2D eigenvalue weighted by Crippen LogP contribution is 2.30. The van der Waals surface area contributed by atoms with Gasteiger partial charge in [0.05, 0.1) is 12.7 Å². The number of phenolic OH excluding ortho intramolecular Hbond substituents is 1. The van der Waals surface area contributed by atoms with Gasteiger partial charge in [-0.1, -0.05) is 0 Å². The second-order valence-electron chi connectivity index (χ2n) is 3.92. The van der Waals surface area contributed by atoms with E-state index in [0.717, 1.165) is 6.07 Å². The van der Waals surface area contributed by atoms with Crippen LogP contribution in [-0.4, -0.2) is 23.3 Å². The fraction of sp³-hybridized carbons (Fsp3) is 0.0714. The zero-order chi connectivity index (χ0) is 14.0. The predicted molar refractivity (Wildman–Crippen MR) is 67.0 cm³/mol. The van der Waals surface area contributed by atoms with Gasteiger partial charge in [-0.25, -0.2) is 9.18 Å². The van der Waals surface area contributed by atoms with E-state index < -0.39 is 11.8 Å². The Hall–Kier alpha value is -2.56. The van der Waals surface area contributed by atoms with Gasteiger partial charge >= 0.3 is 5.97 Å². The molecule has 98 valence electrons. The molecule has 0 aliphatic rings. The lowest BCUT2D eigenvalue weighted by atomic mass is 10.0. The molecule has 0 fully saturated rings. The van der Waals surface area contributed by atoms with E-state index in [2.05, 4.69) is 0 Å². The van der Waals surface area contributed by atoms with Crippen LogP contribution >= 0.6 is 0 Å². The van der Waals surface area contributed by atoms with Gasteiger partial charge in [-0.15, -0.1) is 0 Å². The first-order valence-corrected chi connectivity index (χ1v) is 5.42. The molecule has 2 aromatic carbocycles. The summed E-state index contributed by atoms with van der Waals surface area (Å²) in [4.78, 5) is 10.9. The standard InChI is InChI=1S/C14H11FO4/c1-19-11-2-3-13(15)12(7-11)8-4-9(14(17)18)6-10(16)5-8/h2-7,16H,1H3,(H,17,18). The van der Waals surface area contributed by atoms with Crippen LogP contribution in [0, 0.1) is 5.82 Å². The average molecular weight is 262 g/mol. The molecule has 0 atom stereocenters. The van der Waals surface area contributed by atoms with Gasteiger partial charge in [0.1, 0.15) is 17.3 Å². The first kappa shape index (κ1) is 12.9. The zero-order valence-electron chi connectivity index (χ0n) is 10.1. The van der Waals surface area contributed by atoms with Crippen LogP contribution in [0.4, 0.5) is 4.39 Å². The van der Waals surface area contributed by atoms with Crippen LogP contribution in [0.5, 0.6) is 11.5 Å². The summed E-state index contributed by atoms with van der Waals surface area (Å²) >= 11 is 0. The van der Waals surface area contributed by atoms with E-state index in [-0.39, 0.29) is 22.4 Å². The van der Waals surface area contributed by atoms with Crippen molar-refractivity contribution in [3.8, 4) is 22.6 Å². The number of aromatic carboxylic acids is 1. The van der Waals surface area contributed by atoms with Crippen molar-refractivity contribution in [2.45, 2.75) is 0 Å². The number of ether oxygens (including phenoxy) is 1. The third kappa shape index (κ3) is 2.65. The summed E-state index contributed by atoms with van der Waals surface area (Å²) in [5.74, 6) is -1.52. The summed E-state index contributed by atoms with van der Waals surface area (Å²) in [6, 6.07) is 7.81. The van der Waals surface area contributed by atoms with Crippen LogP contribution < -0.4 is 4.74 Å². The maximum absolute atomic E-state index is 13.8. The SMILES string of the molecule is COc1ccc(F)c(-c2cc(O)cc(C(=O)O)c2)c1. The molecule has 0 heterocycles. The van der Waals surface area contributed by atoms with E-state index in [1.54, 1.807) is 0 Å². The highest BCUT2D eigenvalue weighted by Gasteiger charge is 2.12. The number of phenols is 1. The Kier molecular flexibility index (Phi) is 3.37. The van der Waals surface area contributed by atoms with Gasteiger partial charge in [0.2, 0.25) is 0 Å². The summed E-state index contributed by atoms with van der Waals surface area (Å²) in [5.41, 5.74) is 0.323. The molecule has 0 amide bonds. The van der Waals surface area contributed by atoms with E-state index in [9.17, 15) is 14.3 Å². The van der Waals surface area contributed by atoms with E-state index in [1.165, 1.54) is 37.4 Å². The minimum atomic E-state index is -1.19. The van der Waals surface area contributed by atoms with Crippen LogP contribution in [0.25, 0.3) is 11.1 Å². The molecule has 2 rings (SSSR count). The molecule has 0 radical (unpaired) electrons. The van der Waals surface area contributed by atoms with Crippen molar-refractivity contribution in [2.75, 3.05) is 7.11 Å². The van der Waals surface area contributed by atoms with Crippen LogP contribution in [0.15, 0.2) is 36.4 Å². The van der Waals surface area contributed by atoms with Gasteiger partial charge in [-0.3, -0.25) is 0 Å². The number of benzene rings is 2. The molecular weight excluding hydrogens is 251 g/mol. The molecule has 4 nitrogen and oxygen atoms in total. The monoisotopic (exact) mass is 262 g/mol. The average Bonchev–Trinajstić information content (AvgIpc) is 2.38. The number of aromatic hydroxyl groups is 1. The molecule has 0 saturated carbocycles. The van der Waals surface area contributed by atoms with Gasteiger partial charge in [-0.2, -0.15) is 0 Å². The maximum atomic E-state index is 13.8. The van der Waals surface area contributed by atoms with Crippen LogP contribution in [0.3, 0.4) is 0 Å². The molecule has 19 heavy (non-hydrogen) atoms. The maximum Gasteiger partial charge on any atom is 0.335 e. The van der Waals surface area contributed by atoms with E-state index >= 15 is 0 Å². The summed E-state index contributed by atoms with van der Waals surface area (Å²) in [6.07, 6.45) is 0. The van der Waals surface area contributed by atoms with Crippen molar-refractivity contribution in [1.82, 2.24) is 0 Å². The third-order valence-electron chi connectivity index (χ3n) is 2.65. The van der Waals surface area contributed by atoms with E-state index in [1.807, 2.05) is 0 Å². The topological polar surface area (TPSA) is 66.8 Å². The number of methoxy groups -OCH3 is 1. The van der Waals surface area contributed by atoms with Crippen LogP contribution in [-0.2, 0) is 0 Å². The van der Waals surface area contributed by atoms with Crippen molar-refractivity contribution < 1.29 is 24.1 Å². The number of carbonyl (C=O) groups is 1. The highest BCUT2D eigenvalue weighted by atomic mass is 19.1. The molecule has 0 bridgehead atoms. The molecule has 0 unspecified atom stereocenters. The number of rotatable bonds is 3. The van der Waals surface area contributed by atoms with E-state index in [4.69, 9.17) is 9.84 Å². The molecule has 0 aliphatic heterocycles. The molecule has 2 aromatic rings. The summed E-state index contributed by atoms with van der Waals surface area (Å²) in [7, 11) is 1.45. The summed E-state index contributed by atoms with van der Waals surface area (Å²) in [6.45, 7) is 0. The molecule has 0 spiro atoms. The van der Waals surface area contributed by atoms with Gasteiger partial charge < -0.3 is 14.9 Å². The van der Waals surface area contributed by atoms with Crippen molar-refractivity contribution >= 4 is 5.97 Å². The van der Waals surface area contributed by atoms with Gasteiger partial charge in [0.15, 0.2) is 0 Å². The lowest BCUT2D eigenvalue weighted by molar-refractivity contribution is 0.0696. The Balaban J connectivity index is 2.61. The second kappa shape index (κ2) is 4.97. The van der Waals surface area contributed by atoms with Gasteiger partial charge in [-0.05, 0) is 42.0 Å². The fourth-order valence-corrected chi connectivity index (χ4v) is 1.74. The zero-order valence-corrected chi connectivity index (χ0v) is 10.1.